The fourth-order valence-corrected chi connectivity index (χ4v) is 2.81. The smallest absolute Gasteiger partial charge is 0.187 e. The van der Waals surface area contributed by atoms with Crippen molar-refractivity contribution in [3.8, 4) is 11.5 Å². The van der Waals surface area contributed by atoms with Crippen molar-refractivity contribution in [1.82, 2.24) is 9.97 Å². The maximum atomic E-state index is 5.68. The molecular weight excluding hydrogens is 282 g/mol. The lowest BCUT2D eigenvalue weighted by atomic mass is 9.94. The van der Waals surface area contributed by atoms with Crippen LogP contribution in [0.3, 0.4) is 0 Å². The molecule has 1 aliphatic rings. The average molecular weight is 303 g/mol. The third kappa shape index (κ3) is 2.33. The summed E-state index contributed by atoms with van der Waals surface area (Å²) in [5.74, 6) is 2.06. The third-order valence-electron chi connectivity index (χ3n) is 4.44. The van der Waals surface area contributed by atoms with Crippen molar-refractivity contribution < 1.29 is 14.2 Å². The number of hydrogen-bond acceptors (Lipinski definition) is 6. The van der Waals surface area contributed by atoms with Gasteiger partial charge in [0.25, 0.3) is 0 Å². The van der Waals surface area contributed by atoms with Gasteiger partial charge in [-0.15, -0.1) is 0 Å². The van der Waals surface area contributed by atoms with Crippen LogP contribution in [-0.4, -0.2) is 42.4 Å². The van der Waals surface area contributed by atoms with Crippen LogP contribution >= 0.6 is 0 Å². The van der Waals surface area contributed by atoms with Crippen molar-refractivity contribution >= 4 is 16.7 Å². The minimum Gasteiger partial charge on any atom is -0.493 e. The molecule has 0 radical (unpaired) electrons. The highest BCUT2D eigenvalue weighted by atomic mass is 16.5. The first-order valence-electron chi connectivity index (χ1n) is 7.34. The second kappa shape index (κ2) is 5.61. The molecule has 3 rings (SSSR count). The summed E-state index contributed by atoms with van der Waals surface area (Å²) in [6, 6.07) is 3.81. The Balaban J connectivity index is 2.08. The van der Waals surface area contributed by atoms with E-state index in [2.05, 4.69) is 29.1 Å². The predicted octanol–water partition coefficient (Wildman–Crippen LogP) is 2.63. The number of nitrogens with zero attached hydrogens (tertiary/aromatic N) is 2. The summed E-state index contributed by atoms with van der Waals surface area (Å²) in [6.45, 7) is 4.98. The van der Waals surface area contributed by atoms with E-state index in [9.17, 15) is 0 Å². The SMILES string of the molecule is COc1ccc2c(NC3(C)CCOC3C)ncnc2c1OC. The number of anilines is 1. The second-order valence-electron chi connectivity index (χ2n) is 5.73. The lowest BCUT2D eigenvalue weighted by Gasteiger charge is -2.30. The molecule has 0 amide bonds. The van der Waals surface area contributed by atoms with Crippen LogP contribution in [0.25, 0.3) is 10.9 Å². The van der Waals surface area contributed by atoms with Gasteiger partial charge in [-0.2, -0.15) is 0 Å². The van der Waals surface area contributed by atoms with E-state index in [0.29, 0.717) is 11.5 Å². The fraction of sp³-hybridized carbons (Fsp3) is 0.500. The van der Waals surface area contributed by atoms with Crippen LogP contribution in [0.5, 0.6) is 11.5 Å². The predicted molar refractivity (Wildman–Crippen MR) is 84.7 cm³/mol. The van der Waals surface area contributed by atoms with Gasteiger partial charge in [0.05, 0.1) is 25.9 Å². The molecule has 2 aromatic rings. The van der Waals surface area contributed by atoms with Crippen LogP contribution in [0, 0.1) is 0 Å². The van der Waals surface area contributed by atoms with E-state index in [1.807, 2.05) is 12.1 Å². The molecule has 6 nitrogen and oxygen atoms in total. The minimum absolute atomic E-state index is 0.123. The molecule has 1 aromatic carbocycles. The molecule has 1 saturated heterocycles. The van der Waals surface area contributed by atoms with Gasteiger partial charge in [0.15, 0.2) is 11.5 Å². The summed E-state index contributed by atoms with van der Waals surface area (Å²) in [5, 5.41) is 4.43. The first kappa shape index (κ1) is 14.8. The topological polar surface area (TPSA) is 65.5 Å². The molecule has 1 fully saturated rings. The van der Waals surface area contributed by atoms with Gasteiger partial charge in [0, 0.05) is 12.0 Å². The molecule has 0 aliphatic carbocycles. The van der Waals surface area contributed by atoms with Crippen LogP contribution < -0.4 is 14.8 Å². The van der Waals surface area contributed by atoms with Gasteiger partial charge in [0.1, 0.15) is 17.7 Å². The van der Waals surface area contributed by atoms with E-state index >= 15 is 0 Å². The number of aromatic nitrogens is 2. The summed E-state index contributed by atoms with van der Waals surface area (Å²) in [7, 11) is 3.23. The second-order valence-corrected chi connectivity index (χ2v) is 5.73. The van der Waals surface area contributed by atoms with Gasteiger partial charge >= 0.3 is 0 Å². The largest absolute Gasteiger partial charge is 0.493 e. The zero-order chi connectivity index (χ0) is 15.7. The molecular formula is C16H21N3O3. The van der Waals surface area contributed by atoms with Crippen molar-refractivity contribution in [2.24, 2.45) is 0 Å². The first-order chi connectivity index (χ1) is 10.6. The minimum atomic E-state index is -0.144. The van der Waals surface area contributed by atoms with Crippen LogP contribution in [-0.2, 0) is 4.74 Å². The van der Waals surface area contributed by atoms with E-state index in [0.717, 1.165) is 29.7 Å². The van der Waals surface area contributed by atoms with Crippen LogP contribution in [0.4, 0.5) is 5.82 Å². The Kier molecular flexibility index (Phi) is 3.78. The van der Waals surface area contributed by atoms with Crippen LogP contribution in [0.15, 0.2) is 18.5 Å². The van der Waals surface area contributed by atoms with Gasteiger partial charge in [-0.05, 0) is 32.4 Å². The van der Waals surface area contributed by atoms with Crippen LogP contribution in [0.1, 0.15) is 20.3 Å². The Morgan fingerprint density at radius 2 is 2.09 bits per heavy atom. The number of rotatable bonds is 4. The molecule has 6 heteroatoms. The van der Waals surface area contributed by atoms with Crippen molar-refractivity contribution in [2.75, 3.05) is 26.1 Å². The molecule has 22 heavy (non-hydrogen) atoms. The number of methoxy groups -OCH3 is 2. The van der Waals surface area contributed by atoms with Crippen molar-refractivity contribution in [2.45, 2.75) is 31.9 Å². The molecule has 1 aromatic heterocycles. The highest BCUT2D eigenvalue weighted by Crippen LogP contribution is 2.37. The Morgan fingerprint density at radius 1 is 1.27 bits per heavy atom. The average Bonchev–Trinajstić information content (AvgIpc) is 2.85. The first-order valence-corrected chi connectivity index (χ1v) is 7.34. The number of fused-ring (bicyclic) bond motifs is 1. The number of ether oxygens (including phenoxy) is 3. The van der Waals surface area contributed by atoms with Crippen molar-refractivity contribution in [1.29, 1.82) is 0 Å². The quantitative estimate of drug-likeness (QED) is 0.936. The lowest BCUT2D eigenvalue weighted by molar-refractivity contribution is 0.105. The van der Waals surface area contributed by atoms with E-state index in [1.165, 1.54) is 6.33 Å². The van der Waals surface area contributed by atoms with Gasteiger partial charge in [-0.1, -0.05) is 0 Å². The molecule has 2 heterocycles. The third-order valence-corrected chi connectivity index (χ3v) is 4.44. The van der Waals surface area contributed by atoms with Gasteiger partial charge < -0.3 is 19.5 Å². The van der Waals surface area contributed by atoms with E-state index < -0.39 is 0 Å². The van der Waals surface area contributed by atoms with E-state index in [1.54, 1.807) is 14.2 Å². The number of nitrogens with one attached hydrogen (secondary N) is 1. The molecule has 1 aliphatic heterocycles. The van der Waals surface area contributed by atoms with Gasteiger partial charge in [-0.3, -0.25) is 0 Å². The molecule has 118 valence electrons. The Hall–Kier alpha value is -2.08. The van der Waals surface area contributed by atoms with Crippen LogP contribution in [0.2, 0.25) is 0 Å². The summed E-state index contributed by atoms with van der Waals surface area (Å²) < 4.78 is 16.5. The fourth-order valence-electron chi connectivity index (χ4n) is 2.81. The highest BCUT2D eigenvalue weighted by Gasteiger charge is 2.37. The summed E-state index contributed by atoms with van der Waals surface area (Å²) in [5.41, 5.74) is 0.587. The van der Waals surface area contributed by atoms with Crippen molar-refractivity contribution in [3.63, 3.8) is 0 Å². The molecule has 2 unspecified atom stereocenters. The monoisotopic (exact) mass is 303 g/mol. The summed E-state index contributed by atoms with van der Waals surface area (Å²) >= 11 is 0. The number of benzene rings is 1. The lowest BCUT2D eigenvalue weighted by Crippen LogP contribution is -2.41. The van der Waals surface area contributed by atoms with E-state index in [4.69, 9.17) is 14.2 Å². The molecule has 1 N–H and O–H groups in total. The zero-order valence-electron chi connectivity index (χ0n) is 13.3. The standard InChI is InChI=1S/C16H21N3O3/c1-10-16(2,7-8-22-10)19-15-11-5-6-12(20-3)14(21-4)13(11)17-9-18-15/h5-6,9-10H,7-8H2,1-4H3,(H,17,18,19). The van der Waals surface area contributed by atoms with Gasteiger partial charge in [-0.25, -0.2) is 9.97 Å². The highest BCUT2D eigenvalue weighted by molar-refractivity contribution is 5.94. The maximum absolute atomic E-state index is 5.68. The maximum Gasteiger partial charge on any atom is 0.187 e. The Labute approximate surface area is 129 Å². The molecule has 0 spiro atoms. The normalized spacial score (nSPS) is 24.5. The zero-order valence-corrected chi connectivity index (χ0v) is 13.3. The Morgan fingerprint density at radius 3 is 2.73 bits per heavy atom. The summed E-state index contributed by atoms with van der Waals surface area (Å²) in [4.78, 5) is 8.76. The molecule has 2 atom stereocenters. The van der Waals surface area contributed by atoms with Gasteiger partial charge in [0.2, 0.25) is 0 Å². The number of hydrogen-bond donors (Lipinski definition) is 1. The Bertz CT molecular complexity index is 692. The molecule has 0 saturated carbocycles. The summed E-state index contributed by atoms with van der Waals surface area (Å²) in [6.07, 6.45) is 2.60. The molecule has 0 bridgehead atoms. The van der Waals surface area contributed by atoms with Crippen molar-refractivity contribution in [3.05, 3.63) is 18.5 Å². The van der Waals surface area contributed by atoms with E-state index in [-0.39, 0.29) is 11.6 Å².